The number of carbonyl (C=O) groups is 1. The number of aliphatic imine (C=N–C) groups is 1. The van der Waals surface area contributed by atoms with Gasteiger partial charge in [0.1, 0.15) is 5.75 Å². The number of nitrogens with zero attached hydrogens (tertiary/aromatic N) is 1. The molecule has 6 heteroatoms. The van der Waals surface area contributed by atoms with E-state index in [1.165, 1.54) is 25.7 Å². The van der Waals surface area contributed by atoms with Gasteiger partial charge in [-0.3, -0.25) is 9.79 Å². The van der Waals surface area contributed by atoms with Crippen LogP contribution < -0.4 is 21.1 Å². The minimum atomic E-state index is -0.482. The predicted octanol–water partition coefficient (Wildman–Crippen LogP) is 1.16. The summed E-state index contributed by atoms with van der Waals surface area (Å²) in [5.74, 6) is 0.969. The van der Waals surface area contributed by atoms with Crippen molar-refractivity contribution < 1.29 is 9.53 Å². The Labute approximate surface area is 131 Å². The zero-order valence-corrected chi connectivity index (χ0v) is 13.0. The Morgan fingerprint density at radius 2 is 2.18 bits per heavy atom. The van der Waals surface area contributed by atoms with E-state index in [4.69, 9.17) is 10.5 Å². The van der Waals surface area contributed by atoms with Gasteiger partial charge in [0.25, 0.3) is 5.91 Å². The van der Waals surface area contributed by atoms with Crippen molar-refractivity contribution in [2.75, 3.05) is 13.7 Å². The molecule has 0 unspecified atom stereocenters. The highest BCUT2D eigenvalue weighted by Crippen LogP contribution is 2.17. The standard InChI is InChI=1S/C16H24N4O2/c1-18-16(20-13-6-2-3-7-13)19-10-12-5-4-8-14(9-12)22-11-15(17)21/h4-5,8-9,13H,2-3,6-7,10-11H2,1H3,(H2,17,21)(H2,18,19,20). The molecule has 1 aliphatic carbocycles. The molecule has 22 heavy (non-hydrogen) atoms. The van der Waals surface area contributed by atoms with Crippen LogP contribution in [0, 0.1) is 0 Å². The SMILES string of the molecule is CN=C(NCc1cccc(OCC(N)=O)c1)NC1CCCC1. The highest BCUT2D eigenvalue weighted by atomic mass is 16.5. The number of hydrogen-bond acceptors (Lipinski definition) is 3. The first kappa shape index (κ1) is 16.1. The van der Waals surface area contributed by atoms with Crippen molar-refractivity contribution >= 4 is 11.9 Å². The Morgan fingerprint density at radius 1 is 1.41 bits per heavy atom. The summed E-state index contributed by atoms with van der Waals surface area (Å²) in [7, 11) is 1.77. The lowest BCUT2D eigenvalue weighted by Gasteiger charge is -2.17. The van der Waals surface area contributed by atoms with Crippen molar-refractivity contribution in [3.63, 3.8) is 0 Å². The van der Waals surface area contributed by atoms with E-state index in [9.17, 15) is 4.79 Å². The smallest absolute Gasteiger partial charge is 0.255 e. The molecule has 1 aromatic carbocycles. The van der Waals surface area contributed by atoms with Gasteiger partial charge >= 0.3 is 0 Å². The van der Waals surface area contributed by atoms with Gasteiger partial charge in [-0.2, -0.15) is 0 Å². The van der Waals surface area contributed by atoms with Crippen molar-refractivity contribution in [3.8, 4) is 5.75 Å². The largest absolute Gasteiger partial charge is 0.484 e. The molecule has 1 saturated carbocycles. The first-order valence-corrected chi connectivity index (χ1v) is 7.64. The first-order valence-electron chi connectivity index (χ1n) is 7.64. The van der Waals surface area contributed by atoms with Gasteiger partial charge in [0.15, 0.2) is 12.6 Å². The summed E-state index contributed by atoms with van der Waals surface area (Å²) in [4.78, 5) is 15.0. The molecule has 1 fully saturated rings. The third kappa shape index (κ3) is 5.27. The number of ether oxygens (including phenoxy) is 1. The molecule has 0 heterocycles. The molecule has 0 atom stereocenters. The highest BCUT2D eigenvalue weighted by Gasteiger charge is 2.15. The molecule has 4 N–H and O–H groups in total. The van der Waals surface area contributed by atoms with E-state index in [-0.39, 0.29) is 6.61 Å². The Hall–Kier alpha value is -2.24. The minimum absolute atomic E-state index is 0.109. The molecule has 0 radical (unpaired) electrons. The fraction of sp³-hybridized carbons (Fsp3) is 0.500. The lowest BCUT2D eigenvalue weighted by molar-refractivity contribution is -0.119. The molecular weight excluding hydrogens is 280 g/mol. The van der Waals surface area contributed by atoms with Crippen molar-refractivity contribution in [1.29, 1.82) is 0 Å². The fourth-order valence-electron chi connectivity index (χ4n) is 2.54. The van der Waals surface area contributed by atoms with Crippen molar-refractivity contribution in [2.45, 2.75) is 38.3 Å². The van der Waals surface area contributed by atoms with Crippen LogP contribution in [0.3, 0.4) is 0 Å². The highest BCUT2D eigenvalue weighted by molar-refractivity contribution is 5.80. The lowest BCUT2D eigenvalue weighted by Crippen LogP contribution is -2.41. The third-order valence-electron chi connectivity index (χ3n) is 3.66. The Morgan fingerprint density at radius 3 is 2.86 bits per heavy atom. The van der Waals surface area contributed by atoms with Crippen LogP contribution in [0.25, 0.3) is 0 Å². The maximum absolute atomic E-state index is 10.7. The molecule has 120 valence electrons. The number of rotatable bonds is 6. The van der Waals surface area contributed by atoms with Gasteiger partial charge < -0.3 is 21.1 Å². The number of benzene rings is 1. The summed E-state index contributed by atoms with van der Waals surface area (Å²) in [5.41, 5.74) is 6.12. The normalized spacial score (nSPS) is 15.6. The van der Waals surface area contributed by atoms with E-state index in [0.29, 0.717) is 18.3 Å². The summed E-state index contributed by atoms with van der Waals surface area (Å²) in [6.07, 6.45) is 4.98. The van der Waals surface area contributed by atoms with Gasteiger partial charge in [-0.15, -0.1) is 0 Å². The lowest BCUT2D eigenvalue weighted by atomic mass is 10.2. The Kier molecular flexibility index (Phi) is 6.06. The van der Waals surface area contributed by atoms with Gasteiger partial charge in [-0.25, -0.2) is 0 Å². The van der Waals surface area contributed by atoms with Crippen molar-refractivity contribution in [1.82, 2.24) is 10.6 Å². The van der Waals surface area contributed by atoms with Crippen LogP contribution in [0.4, 0.5) is 0 Å². The van der Waals surface area contributed by atoms with E-state index in [2.05, 4.69) is 15.6 Å². The number of guanidine groups is 1. The summed E-state index contributed by atoms with van der Waals surface area (Å²) < 4.78 is 5.30. The van der Waals surface area contributed by atoms with E-state index >= 15 is 0 Å². The average Bonchev–Trinajstić information content (AvgIpc) is 3.03. The molecule has 6 nitrogen and oxygen atoms in total. The summed E-state index contributed by atoms with van der Waals surface area (Å²) in [6.45, 7) is 0.530. The van der Waals surface area contributed by atoms with Gasteiger partial charge in [0, 0.05) is 19.6 Å². The van der Waals surface area contributed by atoms with E-state index < -0.39 is 5.91 Å². The number of primary amides is 1. The van der Waals surface area contributed by atoms with Crippen molar-refractivity contribution in [3.05, 3.63) is 29.8 Å². The van der Waals surface area contributed by atoms with Gasteiger partial charge in [0.05, 0.1) is 0 Å². The maximum Gasteiger partial charge on any atom is 0.255 e. The monoisotopic (exact) mass is 304 g/mol. The molecule has 1 aliphatic rings. The number of hydrogen-bond donors (Lipinski definition) is 3. The van der Waals surface area contributed by atoms with Crippen LogP contribution in [0.2, 0.25) is 0 Å². The topological polar surface area (TPSA) is 88.7 Å². The van der Waals surface area contributed by atoms with Crippen LogP contribution >= 0.6 is 0 Å². The molecule has 0 aliphatic heterocycles. The second-order valence-corrected chi connectivity index (χ2v) is 5.45. The first-order chi connectivity index (χ1) is 10.7. The van der Waals surface area contributed by atoms with E-state index in [1.807, 2.05) is 18.2 Å². The summed E-state index contributed by atoms with van der Waals surface area (Å²) >= 11 is 0. The van der Waals surface area contributed by atoms with Gasteiger partial charge in [0.2, 0.25) is 0 Å². The molecule has 2 rings (SSSR count). The number of nitrogens with two attached hydrogens (primary N) is 1. The second-order valence-electron chi connectivity index (χ2n) is 5.45. The minimum Gasteiger partial charge on any atom is -0.484 e. The van der Waals surface area contributed by atoms with Crippen LogP contribution in [0.5, 0.6) is 5.75 Å². The van der Waals surface area contributed by atoms with E-state index in [1.54, 1.807) is 13.1 Å². The summed E-state index contributed by atoms with van der Waals surface area (Å²) in [5, 5.41) is 6.73. The van der Waals surface area contributed by atoms with Crippen LogP contribution in [0.1, 0.15) is 31.2 Å². The molecule has 0 saturated heterocycles. The Bertz CT molecular complexity index is 525. The molecule has 1 amide bonds. The zero-order valence-electron chi connectivity index (χ0n) is 13.0. The van der Waals surface area contributed by atoms with Crippen molar-refractivity contribution in [2.24, 2.45) is 10.7 Å². The number of nitrogens with one attached hydrogen (secondary N) is 2. The summed E-state index contributed by atoms with van der Waals surface area (Å²) in [6, 6.07) is 8.10. The predicted molar refractivity (Wildman–Crippen MR) is 86.7 cm³/mol. The van der Waals surface area contributed by atoms with Gasteiger partial charge in [-0.1, -0.05) is 25.0 Å². The fourth-order valence-corrected chi connectivity index (χ4v) is 2.54. The number of amides is 1. The average molecular weight is 304 g/mol. The molecule has 0 bridgehead atoms. The van der Waals surface area contributed by atoms with Crippen LogP contribution in [-0.4, -0.2) is 31.6 Å². The zero-order chi connectivity index (χ0) is 15.8. The van der Waals surface area contributed by atoms with Crippen LogP contribution in [0.15, 0.2) is 29.3 Å². The van der Waals surface area contributed by atoms with Crippen LogP contribution in [-0.2, 0) is 11.3 Å². The second kappa shape index (κ2) is 8.26. The molecular formula is C16H24N4O2. The van der Waals surface area contributed by atoms with Gasteiger partial charge in [-0.05, 0) is 30.5 Å². The number of carbonyl (C=O) groups excluding carboxylic acids is 1. The molecule has 0 aromatic heterocycles. The van der Waals surface area contributed by atoms with E-state index in [0.717, 1.165) is 11.5 Å². The quantitative estimate of drug-likeness (QED) is 0.543. The molecule has 0 spiro atoms. The molecule has 1 aromatic rings. The maximum atomic E-state index is 10.7. The third-order valence-corrected chi connectivity index (χ3v) is 3.66. The Balaban J connectivity index is 1.84.